The highest BCUT2D eigenvalue weighted by Gasteiger charge is 2.16. The fourth-order valence-corrected chi connectivity index (χ4v) is 7.49. The van der Waals surface area contributed by atoms with E-state index in [0.29, 0.717) is 16.8 Å². The predicted molar refractivity (Wildman–Crippen MR) is 235 cm³/mol. The minimum Gasteiger partial charge on any atom is -0.311 e. The molecule has 0 aliphatic carbocycles. The number of benzene rings is 10. The van der Waals surface area contributed by atoms with E-state index in [1.165, 1.54) is 4.90 Å². The van der Waals surface area contributed by atoms with Crippen LogP contribution in [0.4, 0.5) is 17.1 Å². The van der Waals surface area contributed by atoms with Crippen LogP contribution < -0.4 is 4.90 Å². The van der Waals surface area contributed by atoms with Crippen LogP contribution in [-0.4, -0.2) is 0 Å². The molecule has 10 aromatic rings. The zero-order valence-electron chi connectivity index (χ0n) is 37.7. The standard InChI is InChI=1S/C54H37N/c1-3-11-38(12-4-1)39-21-29-47(30-22-39)55(48-31-23-40(24-32-48)45-28-35-51-46(37-45)20-19-41-13-7-9-17-50(41)51)49-33-25-43(26-34-49)53-36-27-42-14-8-10-18-52(42)54(53)44-15-5-2-6-16-44/h1-37H/i21D,22D,23D,24D,29D,30D,31D,32D. The van der Waals surface area contributed by atoms with Crippen LogP contribution >= 0.6 is 0 Å². The summed E-state index contributed by atoms with van der Waals surface area (Å²) in [6.07, 6.45) is 0. The Hall–Kier alpha value is -7.22. The summed E-state index contributed by atoms with van der Waals surface area (Å²) < 4.78 is 75.3. The predicted octanol–water partition coefficient (Wildman–Crippen LogP) is 15.3. The van der Waals surface area contributed by atoms with Gasteiger partial charge in [0.25, 0.3) is 0 Å². The van der Waals surface area contributed by atoms with Gasteiger partial charge in [-0.05, 0) is 119 Å². The number of fused-ring (bicyclic) bond motifs is 4. The molecule has 0 saturated carbocycles. The Morgan fingerprint density at radius 3 is 1.45 bits per heavy atom. The topological polar surface area (TPSA) is 3.24 Å². The van der Waals surface area contributed by atoms with Crippen molar-refractivity contribution in [2.75, 3.05) is 4.90 Å². The highest BCUT2D eigenvalue weighted by Crippen LogP contribution is 2.41. The Morgan fingerprint density at radius 2 is 0.782 bits per heavy atom. The molecule has 0 aliphatic rings. The summed E-state index contributed by atoms with van der Waals surface area (Å²) >= 11 is 0. The van der Waals surface area contributed by atoms with Gasteiger partial charge in [0, 0.05) is 17.1 Å². The first-order valence-electron chi connectivity index (χ1n) is 22.3. The van der Waals surface area contributed by atoms with Crippen LogP contribution in [0.2, 0.25) is 0 Å². The van der Waals surface area contributed by atoms with Crippen molar-refractivity contribution in [2.45, 2.75) is 0 Å². The molecule has 1 nitrogen and oxygen atoms in total. The van der Waals surface area contributed by atoms with Crippen LogP contribution in [0.15, 0.2) is 224 Å². The highest BCUT2D eigenvalue weighted by atomic mass is 15.1. The Kier molecular flexibility index (Phi) is 6.33. The molecular weight excluding hydrogens is 663 g/mol. The summed E-state index contributed by atoms with van der Waals surface area (Å²) in [4.78, 5) is 1.36. The fourth-order valence-electron chi connectivity index (χ4n) is 7.49. The first-order chi connectivity index (χ1) is 30.6. The number of nitrogens with zero attached hydrogens (tertiary/aromatic N) is 1. The quantitative estimate of drug-likeness (QED) is 0.149. The van der Waals surface area contributed by atoms with E-state index in [1.54, 1.807) is 36.4 Å². The maximum Gasteiger partial charge on any atom is 0.0645 e. The van der Waals surface area contributed by atoms with Gasteiger partial charge in [0.05, 0.1) is 11.0 Å². The maximum atomic E-state index is 9.58. The third-order valence-electron chi connectivity index (χ3n) is 10.2. The molecule has 0 N–H and O–H groups in total. The Labute approximate surface area is 333 Å². The van der Waals surface area contributed by atoms with Gasteiger partial charge in [-0.2, -0.15) is 0 Å². The van der Waals surface area contributed by atoms with E-state index in [0.717, 1.165) is 54.6 Å². The van der Waals surface area contributed by atoms with Crippen molar-refractivity contribution in [3.05, 3.63) is 224 Å². The average molecular weight is 708 g/mol. The van der Waals surface area contributed by atoms with E-state index in [4.69, 9.17) is 0 Å². The van der Waals surface area contributed by atoms with Gasteiger partial charge in [-0.1, -0.05) is 182 Å². The summed E-state index contributed by atoms with van der Waals surface area (Å²) in [6.45, 7) is 0. The number of rotatable bonds is 7. The van der Waals surface area contributed by atoms with Crippen LogP contribution in [0.1, 0.15) is 11.0 Å². The summed E-state index contributed by atoms with van der Waals surface area (Å²) in [7, 11) is 0. The second kappa shape index (κ2) is 14.0. The van der Waals surface area contributed by atoms with Crippen LogP contribution in [-0.2, 0) is 0 Å². The van der Waals surface area contributed by atoms with Crippen LogP contribution in [0, 0.1) is 0 Å². The molecule has 0 atom stereocenters. The summed E-state index contributed by atoms with van der Waals surface area (Å²) in [5.41, 5.74) is 5.12. The van der Waals surface area contributed by atoms with Crippen molar-refractivity contribution in [1.29, 1.82) is 0 Å². The van der Waals surface area contributed by atoms with Crippen molar-refractivity contribution >= 4 is 49.4 Å². The van der Waals surface area contributed by atoms with E-state index in [9.17, 15) is 11.0 Å². The second-order valence-corrected chi connectivity index (χ2v) is 13.5. The van der Waals surface area contributed by atoms with Gasteiger partial charge >= 0.3 is 0 Å². The Balaban J connectivity index is 1.18. The molecule has 0 amide bonds. The van der Waals surface area contributed by atoms with Crippen LogP contribution in [0.25, 0.3) is 76.8 Å². The van der Waals surface area contributed by atoms with E-state index in [2.05, 4.69) is 36.4 Å². The molecule has 258 valence electrons. The lowest BCUT2D eigenvalue weighted by Crippen LogP contribution is -2.09. The van der Waals surface area contributed by atoms with Crippen molar-refractivity contribution in [3.63, 3.8) is 0 Å². The zero-order chi connectivity index (χ0) is 43.5. The molecule has 0 heterocycles. The minimum atomic E-state index is -0.390. The summed E-state index contributed by atoms with van der Waals surface area (Å²) in [5, 5.41) is 6.21. The van der Waals surface area contributed by atoms with Gasteiger partial charge in [0.15, 0.2) is 0 Å². The van der Waals surface area contributed by atoms with Crippen molar-refractivity contribution in [1.82, 2.24) is 0 Å². The van der Waals surface area contributed by atoms with E-state index < -0.39 is 12.1 Å². The smallest absolute Gasteiger partial charge is 0.0645 e. The molecule has 0 aliphatic heterocycles. The molecule has 0 saturated heterocycles. The molecule has 0 unspecified atom stereocenters. The largest absolute Gasteiger partial charge is 0.311 e. The molecule has 10 aromatic carbocycles. The molecule has 0 spiro atoms. The first-order valence-corrected chi connectivity index (χ1v) is 18.3. The lowest BCUT2D eigenvalue weighted by atomic mass is 9.90. The number of hydrogen-bond donors (Lipinski definition) is 0. The van der Waals surface area contributed by atoms with Gasteiger partial charge < -0.3 is 4.90 Å². The van der Waals surface area contributed by atoms with Gasteiger partial charge in [-0.15, -0.1) is 0 Å². The van der Waals surface area contributed by atoms with Gasteiger partial charge in [0.2, 0.25) is 0 Å². The van der Waals surface area contributed by atoms with Gasteiger partial charge in [0.1, 0.15) is 0 Å². The second-order valence-electron chi connectivity index (χ2n) is 13.5. The Morgan fingerprint density at radius 1 is 0.291 bits per heavy atom. The normalized spacial score (nSPS) is 13.3. The zero-order valence-corrected chi connectivity index (χ0v) is 29.7. The van der Waals surface area contributed by atoms with Crippen LogP contribution in [0.3, 0.4) is 0 Å². The number of anilines is 3. The highest BCUT2D eigenvalue weighted by molar-refractivity contribution is 6.08. The van der Waals surface area contributed by atoms with E-state index >= 15 is 0 Å². The third kappa shape index (κ3) is 6.12. The average Bonchev–Trinajstić information content (AvgIpc) is 3.32. The molecule has 0 bridgehead atoms. The van der Waals surface area contributed by atoms with E-state index in [1.807, 2.05) is 103 Å². The summed E-state index contributed by atoms with van der Waals surface area (Å²) in [5.74, 6) is 0. The minimum absolute atomic E-state index is 0.114. The Bertz CT molecular complexity index is 3370. The molecular formula is C54H37N. The summed E-state index contributed by atoms with van der Waals surface area (Å²) in [6, 6.07) is 53.6. The molecule has 0 aromatic heterocycles. The molecule has 0 fully saturated rings. The lowest BCUT2D eigenvalue weighted by Gasteiger charge is -2.26. The monoisotopic (exact) mass is 707 g/mol. The molecule has 0 radical (unpaired) electrons. The maximum absolute atomic E-state index is 9.58. The van der Waals surface area contributed by atoms with Crippen molar-refractivity contribution in [2.24, 2.45) is 0 Å². The third-order valence-corrected chi connectivity index (χ3v) is 10.2. The van der Waals surface area contributed by atoms with Crippen LogP contribution in [0.5, 0.6) is 0 Å². The van der Waals surface area contributed by atoms with E-state index in [-0.39, 0.29) is 58.8 Å². The van der Waals surface area contributed by atoms with Gasteiger partial charge in [-0.25, -0.2) is 0 Å². The number of hydrogen-bond acceptors (Lipinski definition) is 1. The molecule has 1 heteroatoms. The molecule has 55 heavy (non-hydrogen) atoms. The first kappa shape index (κ1) is 24.9. The lowest BCUT2D eigenvalue weighted by molar-refractivity contribution is 1.28. The van der Waals surface area contributed by atoms with Gasteiger partial charge in [-0.3, -0.25) is 0 Å². The fraction of sp³-hybridized carbons (Fsp3) is 0. The van der Waals surface area contributed by atoms with Crippen molar-refractivity contribution < 1.29 is 11.0 Å². The van der Waals surface area contributed by atoms with Crippen molar-refractivity contribution in [3.8, 4) is 44.5 Å². The SMILES string of the molecule is [2H]c1c([2H])c(N(c2ccc(-c3ccc4ccccc4c3-c3ccccc3)cc2)c2c([2H])c([2H])c(-c3ccc4c(ccc5ccccc54)c3)c([2H])c2[2H])c([2H])c([2H])c1-c1ccccc1. The molecule has 10 rings (SSSR count).